The Morgan fingerprint density at radius 2 is 2.17 bits per heavy atom. The van der Waals surface area contributed by atoms with Gasteiger partial charge in [-0.1, -0.05) is 0 Å². The van der Waals surface area contributed by atoms with E-state index in [9.17, 15) is 9.90 Å². The van der Waals surface area contributed by atoms with Gasteiger partial charge < -0.3 is 14.6 Å². The summed E-state index contributed by atoms with van der Waals surface area (Å²) in [6, 6.07) is 0. The molecule has 2 rings (SSSR count). The van der Waals surface area contributed by atoms with Gasteiger partial charge in [0.25, 0.3) is 0 Å². The van der Waals surface area contributed by atoms with Gasteiger partial charge in [0, 0.05) is 20.3 Å². The Hall–Kier alpha value is -0.650. The lowest BCUT2D eigenvalue weighted by molar-refractivity contribution is -0.147. The predicted molar refractivity (Wildman–Crippen MR) is 66.6 cm³/mol. The number of hydrogen-bond donors (Lipinski definition) is 2. The van der Waals surface area contributed by atoms with Crippen LogP contribution in [0.4, 0.5) is 0 Å². The first kappa shape index (κ1) is 13.8. The van der Waals surface area contributed by atoms with Crippen LogP contribution in [0, 0.1) is 0 Å². The van der Waals surface area contributed by atoms with Crippen LogP contribution in [0.1, 0.15) is 38.5 Å². The summed E-state index contributed by atoms with van der Waals surface area (Å²) in [6.45, 7) is 1.45. The molecule has 2 fully saturated rings. The second-order valence-electron chi connectivity index (χ2n) is 5.34. The zero-order valence-corrected chi connectivity index (χ0v) is 11.0. The Morgan fingerprint density at radius 3 is 2.67 bits per heavy atom. The van der Waals surface area contributed by atoms with Gasteiger partial charge in [-0.2, -0.15) is 0 Å². The minimum Gasteiger partial charge on any atom is -0.480 e. The normalized spacial score (nSPS) is 36.7. The second-order valence-corrected chi connectivity index (χ2v) is 5.34. The molecular weight excluding hydrogens is 234 g/mol. The maximum absolute atomic E-state index is 11.5. The first-order valence-corrected chi connectivity index (χ1v) is 6.79. The molecule has 1 atom stereocenters. The Bertz CT molecular complexity index is 281. The van der Waals surface area contributed by atoms with Crippen LogP contribution in [0.25, 0.3) is 0 Å². The van der Waals surface area contributed by atoms with Crippen LogP contribution in [0.3, 0.4) is 0 Å². The number of carboxylic acid groups (broad SMARTS) is 1. The molecule has 2 N–H and O–H groups in total. The predicted octanol–water partition coefficient (Wildman–Crippen LogP) is 1.17. The van der Waals surface area contributed by atoms with Gasteiger partial charge in [0.15, 0.2) is 0 Å². The quantitative estimate of drug-likeness (QED) is 0.774. The van der Waals surface area contributed by atoms with Gasteiger partial charge in [0.05, 0.1) is 12.2 Å². The van der Waals surface area contributed by atoms with Gasteiger partial charge in [0.2, 0.25) is 0 Å². The molecule has 5 heteroatoms. The Labute approximate surface area is 108 Å². The third-order valence-electron chi connectivity index (χ3n) is 4.22. The van der Waals surface area contributed by atoms with Crippen molar-refractivity contribution in [3.63, 3.8) is 0 Å². The summed E-state index contributed by atoms with van der Waals surface area (Å²) in [6.07, 6.45) is 5.38. The minimum atomic E-state index is -0.777. The third-order valence-corrected chi connectivity index (χ3v) is 4.22. The molecule has 0 spiro atoms. The van der Waals surface area contributed by atoms with Gasteiger partial charge in [-0.15, -0.1) is 0 Å². The van der Waals surface area contributed by atoms with Crippen molar-refractivity contribution in [2.45, 2.75) is 56.3 Å². The van der Waals surface area contributed by atoms with Crippen molar-refractivity contribution in [2.24, 2.45) is 0 Å². The molecule has 1 heterocycles. The lowest BCUT2D eigenvalue weighted by Crippen LogP contribution is -2.56. The van der Waals surface area contributed by atoms with Crippen LogP contribution >= 0.6 is 0 Å². The van der Waals surface area contributed by atoms with Gasteiger partial charge in [-0.05, 0) is 38.5 Å². The van der Waals surface area contributed by atoms with E-state index in [1.165, 1.54) is 0 Å². The largest absolute Gasteiger partial charge is 0.480 e. The van der Waals surface area contributed by atoms with Crippen LogP contribution in [0.15, 0.2) is 0 Å². The molecule has 5 nitrogen and oxygen atoms in total. The summed E-state index contributed by atoms with van der Waals surface area (Å²) in [4.78, 5) is 11.5. The van der Waals surface area contributed by atoms with Crippen molar-refractivity contribution >= 4 is 5.97 Å². The fourth-order valence-corrected chi connectivity index (χ4v) is 2.90. The lowest BCUT2D eigenvalue weighted by atomic mass is 9.80. The van der Waals surface area contributed by atoms with E-state index in [-0.39, 0.29) is 12.2 Å². The molecule has 1 saturated carbocycles. The van der Waals surface area contributed by atoms with Crippen LogP contribution in [0.2, 0.25) is 0 Å². The molecule has 0 radical (unpaired) electrons. The first-order valence-electron chi connectivity index (χ1n) is 6.79. The number of methoxy groups -OCH3 is 1. The number of carboxylic acids is 1. The Balaban J connectivity index is 1.88. The summed E-state index contributed by atoms with van der Waals surface area (Å²) in [7, 11) is 1.69. The SMILES string of the molecule is COC1CCC(NCC2CCCO2)(C(=O)O)CC1. The number of hydrogen-bond acceptors (Lipinski definition) is 4. The van der Waals surface area contributed by atoms with Gasteiger partial charge >= 0.3 is 5.97 Å². The van der Waals surface area contributed by atoms with Crippen LogP contribution in [0.5, 0.6) is 0 Å². The molecule has 0 aromatic heterocycles. The van der Waals surface area contributed by atoms with E-state index >= 15 is 0 Å². The molecule has 2 aliphatic rings. The van der Waals surface area contributed by atoms with Crippen LogP contribution in [-0.4, -0.2) is 49.1 Å². The van der Waals surface area contributed by atoms with Gasteiger partial charge in [-0.25, -0.2) is 0 Å². The van der Waals surface area contributed by atoms with Crippen molar-refractivity contribution in [1.82, 2.24) is 5.32 Å². The van der Waals surface area contributed by atoms with E-state index in [1.807, 2.05) is 0 Å². The minimum absolute atomic E-state index is 0.182. The highest BCUT2D eigenvalue weighted by atomic mass is 16.5. The maximum atomic E-state index is 11.5. The van der Waals surface area contributed by atoms with Crippen molar-refractivity contribution < 1.29 is 19.4 Å². The van der Waals surface area contributed by atoms with E-state index in [0.29, 0.717) is 19.4 Å². The molecule has 1 aliphatic heterocycles. The molecule has 1 aliphatic carbocycles. The monoisotopic (exact) mass is 257 g/mol. The molecule has 18 heavy (non-hydrogen) atoms. The Morgan fingerprint density at radius 1 is 1.44 bits per heavy atom. The summed E-state index contributed by atoms with van der Waals surface area (Å²) in [5.74, 6) is -0.741. The summed E-state index contributed by atoms with van der Waals surface area (Å²) < 4.78 is 10.8. The van der Waals surface area contributed by atoms with E-state index in [1.54, 1.807) is 7.11 Å². The molecular formula is C13H23NO4. The average Bonchev–Trinajstić information content (AvgIpc) is 2.90. The van der Waals surface area contributed by atoms with Crippen LogP contribution < -0.4 is 5.32 Å². The fourth-order valence-electron chi connectivity index (χ4n) is 2.90. The zero-order chi connectivity index (χ0) is 13.0. The highest BCUT2D eigenvalue weighted by Gasteiger charge is 2.42. The van der Waals surface area contributed by atoms with Crippen molar-refractivity contribution in [2.75, 3.05) is 20.3 Å². The van der Waals surface area contributed by atoms with E-state index in [4.69, 9.17) is 9.47 Å². The average molecular weight is 257 g/mol. The van der Waals surface area contributed by atoms with E-state index < -0.39 is 11.5 Å². The molecule has 0 aromatic rings. The number of nitrogens with one attached hydrogen (secondary N) is 1. The molecule has 1 unspecified atom stereocenters. The van der Waals surface area contributed by atoms with Crippen molar-refractivity contribution in [3.8, 4) is 0 Å². The summed E-state index contributed by atoms with van der Waals surface area (Å²) in [5, 5.41) is 12.7. The fraction of sp³-hybridized carbons (Fsp3) is 0.923. The number of ether oxygens (including phenoxy) is 2. The number of carbonyl (C=O) groups is 1. The van der Waals surface area contributed by atoms with Gasteiger partial charge in [0.1, 0.15) is 5.54 Å². The molecule has 0 amide bonds. The van der Waals surface area contributed by atoms with Crippen molar-refractivity contribution in [3.05, 3.63) is 0 Å². The van der Waals surface area contributed by atoms with Crippen LogP contribution in [-0.2, 0) is 14.3 Å². The zero-order valence-electron chi connectivity index (χ0n) is 11.0. The maximum Gasteiger partial charge on any atom is 0.323 e. The molecule has 0 aromatic carbocycles. The summed E-state index contributed by atoms with van der Waals surface area (Å²) >= 11 is 0. The molecule has 0 bridgehead atoms. The number of rotatable bonds is 5. The Kier molecular flexibility index (Phi) is 4.59. The highest BCUT2D eigenvalue weighted by Crippen LogP contribution is 2.30. The van der Waals surface area contributed by atoms with Gasteiger partial charge in [-0.3, -0.25) is 10.1 Å². The molecule has 104 valence electrons. The third kappa shape index (κ3) is 3.02. The lowest BCUT2D eigenvalue weighted by Gasteiger charge is -2.37. The second kappa shape index (κ2) is 5.99. The van der Waals surface area contributed by atoms with E-state index in [0.717, 1.165) is 32.3 Å². The topological polar surface area (TPSA) is 67.8 Å². The summed E-state index contributed by atoms with van der Waals surface area (Å²) in [5.41, 5.74) is -0.777. The highest BCUT2D eigenvalue weighted by molar-refractivity contribution is 5.79. The van der Waals surface area contributed by atoms with Crippen molar-refractivity contribution in [1.29, 1.82) is 0 Å². The molecule has 1 saturated heterocycles. The number of aliphatic carboxylic acids is 1. The smallest absolute Gasteiger partial charge is 0.323 e. The first-order chi connectivity index (χ1) is 8.66. The van der Waals surface area contributed by atoms with E-state index in [2.05, 4.69) is 5.32 Å². The standard InChI is InChI=1S/C13H23NO4/c1-17-10-4-6-13(7-5-10,12(15)16)14-9-11-3-2-8-18-11/h10-11,14H,2-9H2,1H3,(H,15,16).